The lowest BCUT2D eigenvalue weighted by molar-refractivity contribution is -0.122. The van der Waals surface area contributed by atoms with E-state index in [1.807, 2.05) is 0 Å². The van der Waals surface area contributed by atoms with Gasteiger partial charge in [-0.2, -0.15) is 0 Å². The Morgan fingerprint density at radius 2 is 2.09 bits per heavy atom. The number of benzene rings is 1. The van der Waals surface area contributed by atoms with Gasteiger partial charge in [0.05, 0.1) is 4.34 Å². The quantitative estimate of drug-likeness (QED) is 0.463. The predicted molar refractivity (Wildman–Crippen MR) is 133 cm³/mol. The van der Waals surface area contributed by atoms with Crippen molar-refractivity contribution in [3.8, 4) is 0 Å². The minimum absolute atomic E-state index is 0.236. The number of carbonyl (C=O) groups is 1. The molecule has 2 N–H and O–H groups in total. The smallest absolute Gasteiger partial charge is 0.263 e. The minimum atomic E-state index is -2.36. The number of thiophene rings is 1. The SMILES string of the molecule is O=C(NCCN1CCc2cc(F)ccc21)C(CC1CCCCC1)N(c1ccc(Cl)s1)S(=O)O. The van der Waals surface area contributed by atoms with Crippen molar-refractivity contribution < 1.29 is 17.9 Å². The van der Waals surface area contributed by atoms with Crippen LogP contribution in [0.5, 0.6) is 0 Å². The molecule has 4 rings (SSSR count). The standard InChI is InChI=1S/C23H29ClFN3O3S2/c24-21-8-9-22(32-21)28(33(30)31)20(14-16-4-2-1-3-5-16)23(29)26-11-13-27-12-10-17-15-18(25)6-7-19(17)27/h6-9,15-16,20H,1-5,10-14H2,(H,26,29)(H,30,31). The molecule has 2 aliphatic rings. The van der Waals surface area contributed by atoms with Crippen LogP contribution in [0.15, 0.2) is 30.3 Å². The zero-order chi connectivity index (χ0) is 23.4. The average molecular weight is 514 g/mol. The molecule has 1 amide bonds. The van der Waals surface area contributed by atoms with E-state index in [1.165, 1.54) is 28.1 Å². The van der Waals surface area contributed by atoms with Crippen molar-refractivity contribution in [2.45, 2.75) is 51.0 Å². The molecule has 1 aliphatic heterocycles. The Hall–Kier alpha value is -1.68. The first-order valence-electron chi connectivity index (χ1n) is 11.4. The van der Waals surface area contributed by atoms with Gasteiger partial charge in [0.1, 0.15) is 16.9 Å². The molecule has 1 saturated carbocycles. The largest absolute Gasteiger partial charge is 0.369 e. The van der Waals surface area contributed by atoms with Gasteiger partial charge in [-0.15, -0.1) is 11.3 Å². The van der Waals surface area contributed by atoms with E-state index in [-0.39, 0.29) is 11.7 Å². The van der Waals surface area contributed by atoms with E-state index < -0.39 is 17.3 Å². The van der Waals surface area contributed by atoms with Gasteiger partial charge in [-0.1, -0.05) is 43.7 Å². The van der Waals surface area contributed by atoms with Gasteiger partial charge in [0.25, 0.3) is 11.3 Å². The molecule has 1 aliphatic carbocycles. The van der Waals surface area contributed by atoms with Crippen molar-refractivity contribution in [3.05, 3.63) is 46.0 Å². The van der Waals surface area contributed by atoms with Crippen molar-refractivity contribution >= 4 is 50.8 Å². The average Bonchev–Trinajstić information content (AvgIpc) is 3.39. The zero-order valence-electron chi connectivity index (χ0n) is 18.3. The van der Waals surface area contributed by atoms with Gasteiger partial charge in [-0.25, -0.2) is 12.9 Å². The number of amides is 1. The highest BCUT2D eigenvalue weighted by atomic mass is 35.5. The third-order valence-electron chi connectivity index (χ3n) is 6.53. The van der Waals surface area contributed by atoms with Crippen molar-refractivity contribution in [1.82, 2.24) is 5.32 Å². The van der Waals surface area contributed by atoms with E-state index in [0.29, 0.717) is 34.8 Å². The summed E-state index contributed by atoms with van der Waals surface area (Å²) in [5.41, 5.74) is 1.98. The maximum atomic E-state index is 13.5. The predicted octanol–water partition coefficient (Wildman–Crippen LogP) is 5.00. The molecule has 2 unspecified atom stereocenters. The fraction of sp³-hybridized carbons (Fsp3) is 0.522. The van der Waals surface area contributed by atoms with Crippen LogP contribution in [-0.2, 0) is 22.5 Å². The van der Waals surface area contributed by atoms with E-state index in [9.17, 15) is 17.9 Å². The van der Waals surface area contributed by atoms with Gasteiger partial charge in [-0.05, 0) is 54.7 Å². The summed E-state index contributed by atoms with van der Waals surface area (Å²) in [6, 6.07) is 7.40. The molecule has 6 nitrogen and oxygen atoms in total. The van der Waals surface area contributed by atoms with Crippen LogP contribution in [0.3, 0.4) is 0 Å². The number of hydrogen-bond donors (Lipinski definition) is 2. The number of rotatable bonds is 9. The Morgan fingerprint density at radius 1 is 1.30 bits per heavy atom. The summed E-state index contributed by atoms with van der Waals surface area (Å²) in [6.45, 7) is 1.77. The van der Waals surface area contributed by atoms with Gasteiger partial charge in [-0.3, -0.25) is 9.35 Å². The van der Waals surface area contributed by atoms with Crippen molar-refractivity contribution in [1.29, 1.82) is 0 Å². The number of fused-ring (bicyclic) bond motifs is 1. The topological polar surface area (TPSA) is 72.9 Å². The molecule has 2 atom stereocenters. The Kier molecular flexibility index (Phi) is 8.27. The molecule has 1 fully saturated rings. The highest BCUT2D eigenvalue weighted by Gasteiger charge is 2.34. The summed E-state index contributed by atoms with van der Waals surface area (Å²) in [4.78, 5) is 15.4. The number of nitrogens with one attached hydrogen (secondary N) is 1. The normalized spacial score (nSPS) is 18.1. The van der Waals surface area contributed by atoms with Gasteiger partial charge >= 0.3 is 0 Å². The first-order valence-corrected chi connectivity index (χ1v) is 13.6. The zero-order valence-corrected chi connectivity index (χ0v) is 20.7. The van der Waals surface area contributed by atoms with E-state index >= 15 is 0 Å². The highest BCUT2D eigenvalue weighted by molar-refractivity contribution is 7.81. The molecule has 33 heavy (non-hydrogen) atoms. The first kappa shape index (κ1) is 24.4. The maximum absolute atomic E-state index is 13.5. The van der Waals surface area contributed by atoms with Gasteiger partial charge in [0.2, 0.25) is 5.91 Å². The van der Waals surface area contributed by atoms with Gasteiger partial charge in [0, 0.05) is 25.3 Å². The summed E-state index contributed by atoms with van der Waals surface area (Å²) in [5.74, 6) is -0.150. The molecule has 0 saturated heterocycles. The molecule has 2 aromatic rings. The molecule has 180 valence electrons. The molecular weight excluding hydrogens is 485 g/mol. The molecular formula is C23H29ClFN3O3S2. The summed E-state index contributed by atoms with van der Waals surface area (Å²) in [7, 11) is 0. The van der Waals surface area contributed by atoms with Crippen LogP contribution >= 0.6 is 22.9 Å². The lowest BCUT2D eigenvalue weighted by Crippen LogP contribution is -2.50. The summed E-state index contributed by atoms with van der Waals surface area (Å²) in [5, 5.41) is 3.49. The molecule has 0 bridgehead atoms. The first-order chi connectivity index (χ1) is 15.9. The summed E-state index contributed by atoms with van der Waals surface area (Å²) in [6.07, 6.45) is 6.82. The molecule has 0 radical (unpaired) electrons. The third-order valence-corrected chi connectivity index (χ3v) is 8.66. The van der Waals surface area contributed by atoms with Gasteiger partial charge in [0.15, 0.2) is 0 Å². The molecule has 0 spiro atoms. The number of anilines is 2. The van der Waals surface area contributed by atoms with E-state index in [2.05, 4.69) is 10.2 Å². The Labute approximate surface area is 205 Å². The molecule has 1 aromatic carbocycles. The second kappa shape index (κ2) is 11.2. The fourth-order valence-corrected chi connectivity index (χ4v) is 6.82. The Balaban J connectivity index is 1.44. The van der Waals surface area contributed by atoms with Crippen molar-refractivity contribution in [2.75, 3.05) is 28.8 Å². The third kappa shape index (κ3) is 6.07. The molecule has 10 heteroatoms. The van der Waals surface area contributed by atoms with Crippen LogP contribution in [0.4, 0.5) is 15.1 Å². The van der Waals surface area contributed by atoms with E-state index in [4.69, 9.17) is 11.6 Å². The number of nitrogens with zero attached hydrogens (tertiary/aromatic N) is 2. The monoisotopic (exact) mass is 513 g/mol. The van der Waals surface area contributed by atoms with E-state index in [1.54, 1.807) is 24.3 Å². The van der Waals surface area contributed by atoms with Crippen molar-refractivity contribution in [2.24, 2.45) is 5.92 Å². The number of hydrogen-bond acceptors (Lipinski definition) is 4. The minimum Gasteiger partial charge on any atom is -0.369 e. The van der Waals surface area contributed by atoms with Crippen LogP contribution in [0.1, 0.15) is 44.1 Å². The Bertz CT molecular complexity index is 999. The summed E-state index contributed by atoms with van der Waals surface area (Å²) >= 11 is 4.91. The lowest BCUT2D eigenvalue weighted by atomic mass is 9.84. The van der Waals surface area contributed by atoms with Crippen LogP contribution in [0, 0.1) is 11.7 Å². The number of halogens is 2. The Morgan fingerprint density at radius 3 is 2.79 bits per heavy atom. The molecule has 1 aromatic heterocycles. The van der Waals surface area contributed by atoms with Crippen LogP contribution in [-0.4, -0.2) is 40.3 Å². The van der Waals surface area contributed by atoms with Gasteiger partial charge < -0.3 is 10.2 Å². The summed E-state index contributed by atoms with van der Waals surface area (Å²) < 4.78 is 37.7. The van der Waals surface area contributed by atoms with Crippen molar-refractivity contribution in [3.63, 3.8) is 0 Å². The second-order valence-corrected chi connectivity index (χ2v) is 11.2. The maximum Gasteiger partial charge on any atom is 0.263 e. The highest BCUT2D eigenvalue weighted by Crippen LogP contribution is 2.35. The fourth-order valence-electron chi connectivity index (χ4n) is 4.91. The second-order valence-electron chi connectivity index (χ2n) is 8.69. The molecule has 2 heterocycles. The van der Waals surface area contributed by atoms with Crippen LogP contribution < -0.4 is 14.5 Å². The van der Waals surface area contributed by atoms with Crippen LogP contribution in [0.25, 0.3) is 0 Å². The van der Waals surface area contributed by atoms with E-state index in [0.717, 1.165) is 49.9 Å². The lowest BCUT2D eigenvalue weighted by Gasteiger charge is -2.32. The van der Waals surface area contributed by atoms with Crippen LogP contribution in [0.2, 0.25) is 4.34 Å². The number of carbonyl (C=O) groups excluding carboxylic acids is 1.